The van der Waals surface area contributed by atoms with Crippen molar-refractivity contribution in [3.63, 3.8) is 0 Å². The molecule has 0 bridgehead atoms. The quantitative estimate of drug-likeness (QED) is 0.266. The number of amides is 1. The Labute approximate surface area is 231 Å². The van der Waals surface area contributed by atoms with E-state index in [1.807, 2.05) is 0 Å². The molecule has 0 saturated carbocycles. The van der Waals surface area contributed by atoms with Crippen LogP contribution in [0.15, 0.2) is 54.6 Å². The van der Waals surface area contributed by atoms with Gasteiger partial charge in [-0.2, -0.15) is 0 Å². The molecular formula is C30H32FNO8. The average Bonchev–Trinajstić information content (AvgIpc) is 2.92. The molecule has 0 saturated heterocycles. The lowest BCUT2D eigenvalue weighted by molar-refractivity contribution is -0.138. The summed E-state index contributed by atoms with van der Waals surface area (Å²) in [5, 5.41) is 18.1. The van der Waals surface area contributed by atoms with Crippen molar-refractivity contribution < 1.29 is 43.2 Å². The molecule has 0 atom stereocenters. The van der Waals surface area contributed by atoms with Crippen LogP contribution in [0.3, 0.4) is 0 Å². The van der Waals surface area contributed by atoms with E-state index in [1.165, 1.54) is 24.1 Å². The summed E-state index contributed by atoms with van der Waals surface area (Å²) >= 11 is 0. The molecule has 212 valence electrons. The van der Waals surface area contributed by atoms with Crippen LogP contribution < -0.4 is 14.2 Å². The first kappa shape index (κ1) is 29.9. The van der Waals surface area contributed by atoms with E-state index in [2.05, 4.69) is 0 Å². The number of nitrogens with zero attached hydrogens (tertiary/aromatic N) is 1. The predicted octanol–water partition coefficient (Wildman–Crippen LogP) is 5.04. The van der Waals surface area contributed by atoms with Crippen molar-refractivity contribution in [2.24, 2.45) is 0 Å². The Bertz CT molecular complexity index is 1370. The smallest absolute Gasteiger partial charge is 0.303 e. The molecule has 40 heavy (non-hydrogen) atoms. The van der Waals surface area contributed by atoms with Crippen molar-refractivity contribution in [1.82, 2.24) is 4.90 Å². The molecule has 3 aromatic rings. The molecule has 0 aliphatic heterocycles. The molecule has 9 nitrogen and oxygen atoms in total. The number of aliphatic carboxylic acids is 2. The number of carbonyl (C=O) groups excluding carboxylic acids is 1. The minimum absolute atomic E-state index is 0.0390. The fraction of sp³-hybridized carbons (Fsp3) is 0.300. The van der Waals surface area contributed by atoms with Gasteiger partial charge in [0.05, 0.1) is 13.7 Å². The molecule has 0 aliphatic rings. The third-order valence-electron chi connectivity index (χ3n) is 6.05. The SMILES string of the molecule is COc1ccc(-c2cc(OCc3cccc(OCCCC(=O)O)c3CCC(=O)O)cc(C(=O)N(C)C)c2)cc1F. The van der Waals surface area contributed by atoms with Gasteiger partial charge in [0.15, 0.2) is 11.6 Å². The number of carbonyl (C=O) groups is 3. The zero-order valence-corrected chi connectivity index (χ0v) is 22.6. The Balaban J connectivity index is 1.92. The van der Waals surface area contributed by atoms with Crippen molar-refractivity contribution in [3.8, 4) is 28.4 Å². The van der Waals surface area contributed by atoms with Crippen molar-refractivity contribution in [2.45, 2.75) is 32.3 Å². The fourth-order valence-corrected chi connectivity index (χ4v) is 4.04. The first-order chi connectivity index (χ1) is 19.1. The third-order valence-corrected chi connectivity index (χ3v) is 6.05. The highest BCUT2D eigenvalue weighted by atomic mass is 19.1. The maximum absolute atomic E-state index is 14.4. The Hall–Kier alpha value is -4.60. The second-order valence-electron chi connectivity index (χ2n) is 9.22. The summed E-state index contributed by atoms with van der Waals surface area (Å²) in [5.41, 5.74) is 2.74. The number of benzene rings is 3. The van der Waals surface area contributed by atoms with Gasteiger partial charge in [0.2, 0.25) is 0 Å². The number of ether oxygens (including phenoxy) is 3. The van der Waals surface area contributed by atoms with Gasteiger partial charge in [0, 0.05) is 38.1 Å². The maximum Gasteiger partial charge on any atom is 0.303 e. The van der Waals surface area contributed by atoms with Gasteiger partial charge in [-0.1, -0.05) is 18.2 Å². The predicted molar refractivity (Wildman–Crippen MR) is 146 cm³/mol. The van der Waals surface area contributed by atoms with Crippen LogP contribution in [-0.2, 0) is 22.6 Å². The lowest BCUT2D eigenvalue weighted by Gasteiger charge is -2.17. The molecular weight excluding hydrogens is 521 g/mol. The zero-order chi connectivity index (χ0) is 29.2. The summed E-state index contributed by atoms with van der Waals surface area (Å²) in [4.78, 5) is 36.3. The molecule has 0 heterocycles. The normalized spacial score (nSPS) is 10.6. The third kappa shape index (κ3) is 8.20. The van der Waals surface area contributed by atoms with E-state index in [0.29, 0.717) is 45.7 Å². The second-order valence-corrected chi connectivity index (χ2v) is 9.22. The Morgan fingerprint density at radius 2 is 1.62 bits per heavy atom. The van der Waals surface area contributed by atoms with Gasteiger partial charge in [-0.3, -0.25) is 14.4 Å². The molecule has 3 rings (SSSR count). The van der Waals surface area contributed by atoms with Crippen LogP contribution in [0.2, 0.25) is 0 Å². The molecule has 0 aliphatic carbocycles. The summed E-state index contributed by atoms with van der Waals surface area (Å²) in [6, 6.07) is 14.7. The van der Waals surface area contributed by atoms with Gasteiger partial charge in [-0.25, -0.2) is 4.39 Å². The summed E-state index contributed by atoms with van der Waals surface area (Å²) < 4.78 is 31.3. The number of halogens is 1. The van der Waals surface area contributed by atoms with Gasteiger partial charge < -0.3 is 29.3 Å². The van der Waals surface area contributed by atoms with Crippen molar-refractivity contribution >= 4 is 17.8 Å². The van der Waals surface area contributed by atoms with Gasteiger partial charge in [0.25, 0.3) is 5.91 Å². The minimum atomic E-state index is -0.973. The van der Waals surface area contributed by atoms with Crippen molar-refractivity contribution in [3.05, 3.63) is 77.1 Å². The lowest BCUT2D eigenvalue weighted by atomic mass is 10.0. The summed E-state index contributed by atoms with van der Waals surface area (Å²) in [6.07, 6.45) is 0.298. The zero-order valence-electron chi connectivity index (χ0n) is 22.6. The number of rotatable bonds is 14. The van der Waals surface area contributed by atoms with Crippen LogP contribution in [0.4, 0.5) is 4.39 Å². The number of hydrogen-bond donors (Lipinski definition) is 2. The Kier molecular flexibility index (Phi) is 10.5. The first-order valence-corrected chi connectivity index (χ1v) is 12.6. The highest BCUT2D eigenvalue weighted by Crippen LogP contribution is 2.31. The number of hydrogen-bond acceptors (Lipinski definition) is 6. The van der Waals surface area contributed by atoms with Crippen LogP contribution in [0.5, 0.6) is 17.2 Å². The molecule has 0 fully saturated rings. The number of carboxylic acid groups (broad SMARTS) is 2. The van der Waals surface area contributed by atoms with Crippen LogP contribution in [0.25, 0.3) is 11.1 Å². The molecule has 3 aromatic carbocycles. The molecule has 10 heteroatoms. The van der Waals surface area contributed by atoms with Gasteiger partial charge in [-0.15, -0.1) is 0 Å². The minimum Gasteiger partial charge on any atom is -0.494 e. The molecule has 1 amide bonds. The van der Waals surface area contributed by atoms with E-state index in [9.17, 15) is 23.9 Å². The molecule has 2 N–H and O–H groups in total. The van der Waals surface area contributed by atoms with E-state index < -0.39 is 17.8 Å². The van der Waals surface area contributed by atoms with E-state index in [4.69, 9.17) is 19.3 Å². The first-order valence-electron chi connectivity index (χ1n) is 12.6. The van der Waals surface area contributed by atoms with E-state index in [1.54, 1.807) is 56.6 Å². The van der Waals surface area contributed by atoms with Gasteiger partial charge in [-0.05, 0) is 65.9 Å². The maximum atomic E-state index is 14.4. The molecule has 0 unspecified atom stereocenters. The average molecular weight is 554 g/mol. The Morgan fingerprint density at radius 3 is 2.27 bits per heavy atom. The van der Waals surface area contributed by atoms with Crippen molar-refractivity contribution in [2.75, 3.05) is 27.8 Å². The van der Waals surface area contributed by atoms with Gasteiger partial charge in [0.1, 0.15) is 18.1 Å². The van der Waals surface area contributed by atoms with Crippen LogP contribution in [0, 0.1) is 5.82 Å². The molecule has 0 aromatic heterocycles. The van der Waals surface area contributed by atoms with Crippen LogP contribution >= 0.6 is 0 Å². The number of carboxylic acids is 2. The van der Waals surface area contributed by atoms with E-state index in [-0.39, 0.29) is 44.1 Å². The monoisotopic (exact) mass is 553 g/mol. The van der Waals surface area contributed by atoms with E-state index in [0.717, 1.165) is 0 Å². The molecule has 0 radical (unpaired) electrons. The van der Waals surface area contributed by atoms with E-state index >= 15 is 0 Å². The fourth-order valence-electron chi connectivity index (χ4n) is 4.04. The standard InChI is InChI=1S/C30H32FNO8/c1-32(2)30(37)22-14-21(19-9-11-27(38-3)25(31)17-19)15-23(16-22)40-18-20-6-4-7-26(24(20)10-12-29(35)36)39-13-5-8-28(33)34/h4,6-7,9,11,14-17H,5,8,10,12-13,18H2,1-3H3,(H,33,34)(H,35,36). The highest BCUT2D eigenvalue weighted by Gasteiger charge is 2.16. The lowest BCUT2D eigenvalue weighted by Crippen LogP contribution is -2.21. The summed E-state index contributed by atoms with van der Waals surface area (Å²) in [5.74, 6) is -1.80. The highest BCUT2D eigenvalue weighted by molar-refractivity contribution is 5.95. The summed E-state index contributed by atoms with van der Waals surface area (Å²) in [6.45, 7) is 0.199. The van der Waals surface area contributed by atoms with Gasteiger partial charge >= 0.3 is 11.9 Å². The van der Waals surface area contributed by atoms with Crippen LogP contribution in [0.1, 0.15) is 40.7 Å². The summed E-state index contributed by atoms with van der Waals surface area (Å²) in [7, 11) is 4.62. The molecule has 0 spiro atoms. The largest absolute Gasteiger partial charge is 0.494 e. The second kappa shape index (κ2) is 14.0. The van der Waals surface area contributed by atoms with Crippen LogP contribution in [-0.4, -0.2) is 60.8 Å². The van der Waals surface area contributed by atoms with Crippen molar-refractivity contribution in [1.29, 1.82) is 0 Å². The Morgan fingerprint density at radius 1 is 0.875 bits per heavy atom. The topological polar surface area (TPSA) is 123 Å². The number of methoxy groups -OCH3 is 1.